The first-order chi connectivity index (χ1) is 17.3. The first kappa shape index (κ1) is 24.3. The van der Waals surface area contributed by atoms with Gasteiger partial charge < -0.3 is 14.4 Å². The van der Waals surface area contributed by atoms with Crippen LogP contribution in [0.2, 0.25) is 0 Å². The molecule has 0 radical (unpaired) electrons. The van der Waals surface area contributed by atoms with Crippen molar-refractivity contribution >= 4 is 28.8 Å². The summed E-state index contributed by atoms with van der Waals surface area (Å²) in [7, 11) is 1.41. The van der Waals surface area contributed by atoms with Crippen molar-refractivity contribution in [2.75, 3.05) is 12.0 Å². The highest BCUT2D eigenvalue weighted by Gasteiger charge is 2.35. The molecular weight excluding hydrogens is 458 g/mol. The molecule has 192 valence electrons. The maximum atomic E-state index is 12.6. The highest BCUT2D eigenvalue weighted by Crippen LogP contribution is 2.41. The predicted octanol–water partition coefficient (Wildman–Crippen LogP) is 5.07. The summed E-state index contributed by atoms with van der Waals surface area (Å²) in [5, 5.41) is 14.3. The second-order valence-electron chi connectivity index (χ2n) is 10.4. The summed E-state index contributed by atoms with van der Waals surface area (Å²) < 4.78 is 9.33. The molecule has 1 aliphatic carbocycles. The van der Waals surface area contributed by atoms with Gasteiger partial charge in [-0.1, -0.05) is 13.3 Å². The van der Waals surface area contributed by atoms with E-state index in [-0.39, 0.29) is 30.0 Å². The van der Waals surface area contributed by atoms with Crippen LogP contribution < -0.4 is 4.90 Å². The highest BCUT2D eigenvalue weighted by atomic mass is 16.5. The standard InChI is InChI=1S/C27H35N5O4/c1-16(15-30-13-12-17(2)29-30)25-28-24-21-9-8-18(3)31(27(35)36-4)22(21)10-11-23(24)32(25)20-7-5-6-19(14-20)26(33)34/h10-13,16,18-20H,5-9,14-15H2,1-4H3,(H,33,34)/t16?,18?,19-,20-/m1/s1. The number of aliphatic carboxylic acids is 1. The normalized spacial score (nSPS) is 22.9. The van der Waals surface area contributed by atoms with Crippen molar-refractivity contribution in [1.29, 1.82) is 0 Å². The molecule has 36 heavy (non-hydrogen) atoms. The molecule has 3 aromatic rings. The Kier molecular flexibility index (Phi) is 6.49. The number of amides is 1. The quantitative estimate of drug-likeness (QED) is 0.532. The van der Waals surface area contributed by atoms with Crippen molar-refractivity contribution in [3.63, 3.8) is 0 Å². The third-order valence-electron chi connectivity index (χ3n) is 7.89. The van der Waals surface area contributed by atoms with Gasteiger partial charge in [-0.2, -0.15) is 5.10 Å². The van der Waals surface area contributed by atoms with E-state index in [2.05, 4.69) is 16.6 Å². The molecule has 1 N–H and O–H groups in total. The Labute approximate surface area is 211 Å². The van der Waals surface area contributed by atoms with E-state index in [1.54, 1.807) is 4.90 Å². The largest absolute Gasteiger partial charge is 0.481 e. The Morgan fingerprint density at radius 3 is 2.72 bits per heavy atom. The molecule has 2 aliphatic rings. The number of anilines is 1. The molecule has 4 atom stereocenters. The second kappa shape index (κ2) is 9.59. The van der Waals surface area contributed by atoms with Gasteiger partial charge in [0, 0.05) is 29.8 Å². The van der Waals surface area contributed by atoms with Gasteiger partial charge in [0.15, 0.2) is 0 Å². The van der Waals surface area contributed by atoms with Crippen LogP contribution >= 0.6 is 0 Å². The summed E-state index contributed by atoms with van der Waals surface area (Å²) in [5.41, 5.74) is 4.81. The van der Waals surface area contributed by atoms with E-state index in [4.69, 9.17) is 9.72 Å². The van der Waals surface area contributed by atoms with Crippen molar-refractivity contribution < 1.29 is 19.4 Å². The predicted molar refractivity (Wildman–Crippen MR) is 136 cm³/mol. The molecule has 1 fully saturated rings. The van der Waals surface area contributed by atoms with Crippen LogP contribution in [0.4, 0.5) is 10.5 Å². The second-order valence-corrected chi connectivity index (χ2v) is 10.4. The van der Waals surface area contributed by atoms with E-state index < -0.39 is 5.97 Å². The summed E-state index contributed by atoms with van der Waals surface area (Å²) >= 11 is 0. The van der Waals surface area contributed by atoms with Gasteiger partial charge in [-0.25, -0.2) is 9.78 Å². The first-order valence-electron chi connectivity index (χ1n) is 12.9. The van der Waals surface area contributed by atoms with Crippen LogP contribution in [-0.2, 0) is 22.5 Å². The molecule has 2 unspecified atom stereocenters. The van der Waals surface area contributed by atoms with Gasteiger partial charge >= 0.3 is 12.1 Å². The number of imidazole rings is 1. The number of carboxylic acids is 1. The number of hydrogen-bond donors (Lipinski definition) is 1. The lowest BCUT2D eigenvalue weighted by Gasteiger charge is -2.34. The van der Waals surface area contributed by atoms with E-state index in [0.29, 0.717) is 13.0 Å². The van der Waals surface area contributed by atoms with Gasteiger partial charge in [-0.05, 0) is 64.2 Å². The molecule has 9 heteroatoms. The Bertz CT molecular complexity index is 1290. The monoisotopic (exact) mass is 493 g/mol. The zero-order chi connectivity index (χ0) is 25.6. The van der Waals surface area contributed by atoms with Gasteiger partial charge in [0.1, 0.15) is 5.82 Å². The fourth-order valence-corrected chi connectivity index (χ4v) is 6.07. The molecule has 5 rings (SSSR count). The zero-order valence-electron chi connectivity index (χ0n) is 21.5. The molecule has 1 aliphatic heterocycles. The van der Waals surface area contributed by atoms with Crippen molar-refractivity contribution in [2.45, 2.75) is 83.8 Å². The van der Waals surface area contributed by atoms with Crippen LogP contribution in [0.15, 0.2) is 24.4 Å². The molecule has 1 aromatic carbocycles. The lowest BCUT2D eigenvalue weighted by atomic mass is 9.85. The maximum absolute atomic E-state index is 12.6. The summed E-state index contributed by atoms with van der Waals surface area (Å²) in [4.78, 5) is 31.4. The van der Waals surface area contributed by atoms with Gasteiger partial charge in [-0.15, -0.1) is 0 Å². The van der Waals surface area contributed by atoms with Crippen LogP contribution in [0.3, 0.4) is 0 Å². The molecule has 2 aromatic heterocycles. The number of benzene rings is 1. The van der Waals surface area contributed by atoms with Crippen molar-refractivity contribution in [3.05, 3.63) is 41.5 Å². The number of methoxy groups -OCH3 is 1. The molecular formula is C27H35N5O4. The smallest absolute Gasteiger partial charge is 0.414 e. The summed E-state index contributed by atoms with van der Waals surface area (Å²) in [6.07, 6.45) is 6.41. The molecule has 0 saturated heterocycles. The third kappa shape index (κ3) is 4.24. The minimum atomic E-state index is -0.717. The van der Waals surface area contributed by atoms with E-state index in [1.165, 1.54) is 7.11 Å². The Balaban J connectivity index is 1.64. The van der Waals surface area contributed by atoms with Crippen LogP contribution in [0, 0.1) is 12.8 Å². The molecule has 1 saturated carbocycles. The summed E-state index contributed by atoms with van der Waals surface area (Å²) in [6.45, 7) is 6.85. The molecule has 9 nitrogen and oxygen atoms in total. The average molecular weight is 494 g/mol. The Hall–Kier alpha value is -3.36. The number of hydrogen-bond acceptors (Lipinski definition) is 5. The minimum absolute atomic E-state index is 0.0422. The Morgan fingerprint density at radius 1 is 1.22 bits per heavy atom. The molecule has 3 heterocycles. The van der Waals surface area contributed by atoms with Gasteiger partial charge in [0.2, 0.25) is 0 Å². The fraction of sp³-hybridized carbons (Fsp3) is 0.556. The van der Waals surface area contributed by atoms with E-state index in [0.717, 1.165) is 65.9 Å². The fourth-order valence-electron chi connectivity index (χ4n) is 6.07. The summed E-state index contributed by atoms with van der Waals surface area (Å²) in [6, 6.07) is 6.16. The lowest BCUT2D eigenvalue weighted by molar-refractivity contribution is -0.143. The number of nitrogens with zero attached hydrogens (tertiary/aromatic N) is 5. The topological polar surface area (TPSA) is 102 Å². The highest BCUT2D eigenvalue weighted by molar-refractivity contribution is 5.95. The van der Waals surface area contributed by atoms with Gasteiger partial charge in [0.05, 0.1) is 42.0 Å². The van der Waals surface area contributed by atoms with Crippen LogP contribution in [0.5, 0.6) is 0 Å². The van der Waals surface area contributed by atoms with Crippen molar-refractivity contribution in [1.82, 2.24) is 19.3 Å². The summed E-state index contributed by atoms with van der Waals surface area (Å²) in [5.74, 6) is -0.0418. The van der Waals surface area contributed by atoms with Crippen LogP contribution in [-0.4, -0.2) is 49.7 Å². The average Bonchev–Trinajstić information content (AvgIpc) is 3.46. The number of carbonyl (C=O) groups is 2. The number of aryl methyl sites for hydroxylation is 2. The first-order valence-corrected chi connectivity index (χ1v) is 12.9. The molecule has 0 spiro atoms. The van der Waals surface area contributed by atoms with Gasteiger partial charge in [0.25, 0.3) is 0 Å². The van der Waals surface area contributed by atoms with Crippen LogP contribution in [0.1, 0.15) is 75.0 Å². The zero-order valence-corrected chi connectivity index (χ0v) is 21.5. The van der Waals surface area contributed by atoms with E-state index in [1.807, 2.05) is 42.9 Å². The van der Waals surface area contributed by atoms with Crippen molar-refractivity contribution in [3.8, 4) is 0 Å². The maximum Gasteiger partial charge on any atom is 0.414 e. The molecule has 1 amide bonds. The van der Waals surface area contributed by atoms with Gasteiger partial charge in [-0.3, -0.25) is 14.4 Å². The van der Waals surface area contributed by atoms with E-state index in [9.17, 15) is 14.7 Å². The number of aromatic nitrogens is 4. The third-order valence-corrected chi connectivity index (χ3v) is 7.89. The number of ether oxygens (including phenoxy) is 1. The van der Waals surface area contributed by atoms with Crippen LogP contribution in [0.25, 0.3) is 11.0 Å². The van der Waals surface area contributed by atoms with Crippen molar-refractivity contribution in [2.24, 2.45) is 5.92 Å². The Morgan fingerprint density at radius 2 is 2.03 bits per heavy atom. The number of fused-ring (bicyclic) bond motifs is 3. The number of rotatable bonds is 5. The minimum Gasteiger partial charge on any atom is -0.481 e. The van der Waals surface area contributed by atoms with E-state index >= 15 is 0 Å². The SMILES string of the molecule is COC(=O)N1c2ccc3c(nc(C(C)Cn4ccc(C)n4)n3[C@@H]3CCC[C@@H](C(=O)O)C3)c2CCC1C. The number of carboxylic acid groups (broad SMARTS) is 1. The number of carbonyl (C=O) groups excluding carboxylic acids is 1. The lowest BCUT2D eigenvalue weighted by Crippen LogP contribution is -2.42. The molecule has 0 bridgehead atoms.